The van der Waals surface area contributed by atoms with Gasteiger partial charge < -0.3 is 4.90 Å². The molecule has 0 amide bonds. The van der Waals surface area contributed by atoms with Crippen molar-refractivity contribution in [3.8, 4) is 55.6 Å². The van der Waals surface area contributed by atoms with Gasteiger partial charge in [-0.15, -0.1) is 11.3 Å². The molecule has 0 saturated heterocycles. The molecule has 0 bridgehead atoms. The van der Waals surface area contributed by atoms with Crippen molar-refractivity contribution in [3.05, 3.63) is 260 Å². The van der Waals surface area contributed by atoms with E-state index in [-0.39, 0.29) is 0 Å². The van der Waals surface area contributed by atoms with Crippen LogP contribution in [0.15, 0.2) is 249 Å². The van der Waals surface area contributed by atoms with Crippen LogP contribution < -0.4 is 4.90 Å². The van der Waals surface area contributed by atoms with E-state index in [0.717, 1.165) is 22.6 Å². The Morgan fingerprint density at radius 2 is 0.672 bits per heavy atom. The summed E-state index contributed by atoms with van der Waals surface area (Å²) in [5.41, 5.74) is 17.8. The Balaban J connectivity index is 0.972. The molecule has 1 aromatic heterocycles. The number of anilines is 3. The molecule has 0 fully saturated rings. The Kier molecular flexibility index (Phi) is 10.5. The number of hydrogen-bond acceptors (Lipinski definition) is 2. The van der Waals surface area contributed by atoms with Crippen molar-refractivity contribution < 1.29 is 0 Å². The molecule has 0 atom stereocenters. The molecule has 0 aliphatic heterocycles. The van der Waals surface area contributed by atoms with Crippen LogP contribution in [-0.2, 0) is 0 Å². The van der Waals surface area contributed by atoms with Crippen LogP contribution in [0, 0.1) is 0 Å². The Labute approximate surface area is 379 Å². The standard InChI is InChI=1S/C62H43NS/c1-7-19-46(20-8-1)56-43-57(61(49-23-11-3-12-24-49)62(50-25-13-4-14-26-50)60(56)48-21-9-2-10-22-48)47-36-33-44(34-37-47)31-32-45-35-39-54-55-40-38-53(42-59(55)64-58(54)41-45)63(51-27-15-5-16-28-51)52-29-17-6-18-30-52/h1-43H/b32-31+. The van der Waals surface area contributed by atoms with E-state index in [1.165, 1.54) is 81.4 Å². The average molecular weight is 834 g/mol. The van der Waals surface area contributed by atoms with Gasteiger partial charge >= 0.3 is 0 Å². The highest BCUT2D eigenvalue weighted by Crippen LogP contribution is 2.50. The van der Waals surface area contributed by atoms with Crippen LogP contribution >= 0.6 is 11.3 Å². The van der Waals surface area contributed by atoms with Crippen molar-refractivity contribution in [2.45, 2.75) is 0 Å². The second kappa shape index (κ2) is 17.4. The van der Waals surface area contributed by atoms with Gasteiger partial charge in [-0.25, -0.2) is 0 Å². The lowest BCUT2D eigenvalue weighted by Gasteiger charge is -2.25. The van der Waals surface area contributed by atoms with Crippen molar-refractivity contribution in [1.29, 1.82) is 0 Å². The van der Waals surface area contributed by atoms with Gasteiger partial charge in [-0.05, 0) is 115 Å². The maximum absolute atomic E-state index is 2.42. The molecule has 0 aliphatic carbocycles. The quantitative estimate of drug-likeness (QED) is 0.124. The minimum atomic E-state index is 1.14. The van der Waals surface area contributed by atoms with Gasteiger partial charge in [-0.2, -0.15) is 0 Å². The number of fused-ring (bicyclic) bond motifs is 3. The van der Waals surface area contributed by atoms with Crippen LogP contribution in [0.1, 0.15) is 11.1 Å². The van der Waals surface area contributed by atoms with Crippen LogP contribution in [-0.4, -0.2) is 0 Å². The summed E-state index contributed by atoms with van der Waals surface area (Å²) >= 11 is 1.86. The molecule has 64 heavy (non-hydrogen) atoms. The van der Waals surface area contributed by atoms with E-state index in [4.69, 9.17) is 0 Å². The number of benzene rings is 10. The summed E-state index contributed by atoms with van der Waals surface area (Å²) in [4.78, 5) is 2.33. The third-order valence-electron chi connectivity index (χ3n) is 12.1. The first kappa shape index (κ1) is 38.9. The van der Waals surface area contributed by atoms with Crippen molar-refractivity contribution in [2.24, 2.45) is 0 Å². The van der Waals surface area contributed by atoms with Gasteiger partial charge in [0.05, 0.1) is 0 Å². The molecule has 0 unspecified atom stereocenters. The molecule has 11 rings (SSSR count). The van der Waals surface area contributed by atoms with E-state index < -0.39 is 0 Å². The normalized spacial score (nSPS) is 11.4. The molecular weight excluding hydrogens is 791 g/mol. The molecule has 0 aliphatic rings. The largest absolute Gasteiger partial charge is 0.310 e. The lowest BCUT2D eigenvalue weighted by atomic mass is 9.79. The molecule has 0 spiro atoms. The number of thiophene rings is 1. The molecule has 302 valence electrons. The van der Waals surface area contributed by atoms with E-state index in [9.17, 15) is 0 Å². The zero-order valence-electron chi connectivity index (χ0n) is 35.2. The van der Waals surface area contributed by atoms with Crippen molar-refractivity contribution in [3.63, 3.8) is 0 Å². The Hall–Kier alpha value is -8.04. The minimum absolute atomic E-state index is 1.14. The fourth-order valence-electron chi connectivity index (χ4n) is 9.05. The van der Waals surface area contributed by atoms with Gasteiger partial charge in [0.1, 0.15) is 0 Å². The maximum Gasteiger partial charge on any atom is 0.0476 e. The molecule has 2 heteroatoms. The first-order chi connectivity index (χ1) is 31.7. The van der Waals surface area contributed by atoms with Gasteiger partial charge in [0, 0.05) is 37.2 Å². The molecule has 1 nitrogen and oxygen atoms in total. The van der Waals surface area contributed by atoms with Crippen LogP contribution in [0.3, 0.4) is 0 Å². The summed E-state index contributed by atoms with van der Waals surface area (Å²) in [6.45, 7) is 0. The summed E-state index contributed by atoms with van der Waals surface area (Å²) in [5.74, 6) is 0. The molecule has 0 N–H and O–H groups in total. The van der Waals surface area contributed by atoms with Crippen LogP contribution in [0.2, 0.25) is 0 Å². The first-order valence-electron chi connectivity index (χ1n) is 21.8. The molecule has 0 saturated carbocycles. The summed E-state index contributed by atoms with van der Waals surface area (Å²) in [6, 6.07) is 89.9. The highest BCUT2D eigenvalue weighted by Gasteiger charge is 2.23. The van der Waals surface area contributed by atoms with E-state index in [1.54, 1.807) is 0 Å². The lowest BCUT2D eigenvalue weighted by molar-refractivity contribution is 1.29. The summed E-state index contributed by atoms with van der Waals surface area (Å²) in [5, 5.41) is 2.57. The highest BCUT2D eigenvalue weighted by atomic mass is 32.1. The van der Waals surface area contributed by atoms with Crippen molar-refractivity contribution in [1.82, 2.24) is 0 Å². The van der Waals surface area contributed by atoms with Crippen molar-refractivity contribution in [2.75, 3.05) is 4.90 Å². The van der Waals surface area contributed by atoms with Gasteiger partial charge in [0.25, 0.3) is 0 Å². The van der Waals surface area contributed by atoms with Gasteiger partial charge in [0.15, 0.2) is 0 Å². The summed E-state index contributed by atoms with van der Waals surface area (Å²) in [6.07, 6.45) is 4.47. The SMILES string of the molecule is C(=C\c1ccc2c(c1)sc1cc(N(c3ccccc3)c3ccccc3)ccc12)/c1ccc(-c2cc(-c3ccccc3)c(-c3ccccc3)c(-c3ccccc3)c2-c2ccccc2)cc1. The first-order valence-corrected chi connectivity index (χ1v) is 22.6. The third kappa shape index (κ3) is 7.62. The van der Waals surface area contributed by atoms with Crippen LogP contribution in [0.25, 0.3) is 88.0 Å². The van der Waals surface area contributed by atoms with E-state index in [0.29, 0.717) is 0 Å². The second-order valence-corrected chi connectivity index (χ2v) is 17.1. The molecule has 10 aromatic carbocycles. The second-order valence-electron chi connectivity index (χ2n) is 16.1. The highest BCUT2D eigenvalue weighted by molar-refractivity contribution is 7.25. The van der Waals surface area contributed by atoms with E-state index in [1.807, 2.05) is 11.3 Å². The number of hydrogen-bond donors (Lipinski definition) is 0. The number of para-hydroxylation sites is 2. The van der Waals surface area contributed by atoms with E-state index >= 15 is 0 Å². The molecule has 1 heterocycles. The Bertz CT molecular complexity index is 3340. The summed E-state index contributed by atoms with van der Waals surface area (Å²) < 4.78 is 2.56. The lowest BCUT2D eigenvalue weighted by Crippen LogP contribution is -2.09. The molecule has 11 aromatic rings. The van der Waals surface area contributed by atoms with Gasteiger partial charge in [0.2, 0.25) is 0 Å². The number of nitrogens with zero attached hydrogens (tertiary/aromatic N) is 1. The fourth-order valence-corrected chi connectivity index (χ4v) is 10.2. The predicted molar refractivity (Wildman–Crippen MR) is 277 cm³/mol. The average Bonchev–Trinajstić information content (AvgIpc) is 3.74. The zero-order chi connectivity index (χ0) is 42.7. The Morgan fingerprint density at radius 3 is 1.19 bits per heavy atom. The minimum Gasteiger partial charge on any atom is -0.310 e. The molecule has 0 radical (unpaired) electrons. The topological polar surface area (TPSA) is 3.24 Å². The monoisotopic (exact) mass is 833 g/mol. The van der Waals surface area contributed by atoms with Crippen LogP contribution in [0.5, 0.6) is 0 Å². The summed E-state index contributed by atoms with van der Waals surface area (Å²) in [7, 11) is 0. The smallest absolute Gasteiger partial charge is 0.0476 e. The molecular formula is C62H43NS. The maximum atomic E-state index is 2.42. The van der Waals surface area contributed by atoms with E-state index in [2.05, 4.69) is 266 Å². The van der Waals surface area contributed by atoms with Crippen LogP contribution in [0.4, 0.5) is 17.1 Å². The number of rotatable bonds is 10. The predicted octanol–water partition coefficient (Wildman–Crippen LogP) is 18.0. The Morgan fingerprint density at radius 1 is 0.281 bits per heavy atom. The van der Waals surface area contributed by atoms with Gasteiger partial charge in [-0.3, -0.25) is 0 Å². The van der Waals surface area contributed by atoms with Gasteiger partial charge in [-0.1, -0.05) is 212 Å². The zero-order valence-corrected chi connectivity index (χ0v) is 36.0. The van der Waals surface area contributed by atoms with Crippen molar-refractivity contribution >= 4 is 60.7 Å². The third-order valence-corrected chi connectivity index (χ3v) is 13.2. The fraction of sp³-hybridized carbons (Fsp3) is 0.